The number of pyridine rings is 1. The van der Waals surface area contributed by atoms with Crippen molar-refractivity contribution in [2.24, 2.45) is 0 Å². The van der Waals surface area contributed by atoms with Gasteiger partial charge >= 0.3 is 0 Å². The van der Waals surface area contributed by atoms with Gasteiger partial charge in [-0.3, -0.25) is 4.79 Å². The number of likely N-dealkylation sites (tertiary alicyclic amines) is 1. The van der Waals surface area contributed by atoms with Crippen LogP contribution in [0.4, 0.5) is 0 Å². The smallest absolute Gasteiger partial charge is 0.198 e. The number of hydrogen-bond donors (Lipinski definition) is 2. The van der Waals surface area contributed by atoms with Crippen LogP contribution in [0.3, 0.4) is 0 Å². The average molecular weight is 285 g/mol. The molecule has 3 heteroatoms. The van der Waals surface area contributed by atoms with E-state index in [1.54, 1.807) is 4.90 Å². The van der Waals surface area contributed by atoms with Gasteiger partial charge in [-0.2, -0.15) is 0 Å². The van der Waals surface area contributed by atoms with Crippen LogP contribution in [-0.4, -0.2) is 18.1 Å². The van der Waals surface area contributed by atoms with E-state index in [0.717, 1.165) is 34.3 Å². The second-order valence-electron chi connectivity index (χ2n) is 6.45. The molecule has 3 nitrogen and oxygen atoms in total. The van der Waals surface area contributed by atoms with Crippen molar-refractivity contribution in [3.63, 3.8) is 0 Å². The Bertz CT molecular complexity index is 694. The fourth-order valence-electron chi connectivity index (χ4n) is 3.43. The lowest BCUT2D eigenvalue weighted by atomic mass is 10.1. The van der Waals surface area contributed by atoms with Crippen LogP contribution in [0.5, 0.6) is 0 Å². The number of quaternary nitrogens is 1. The van der Waals surface area contributed by atoms with Crippen LogP contribution in [0.2, 0.25) is 0 Å². The molecule has 2 N–H and O–H groups in total. The molecule has 21 heavy (non-hydrogen) atoms. The number of rotatable bonds is 2. The normalized spacial score (nSPS) is 17.0. The van der Waals surface area contributed by atoms with E-state index in [0.29, 0.717) is 0 Å². The highest BCUT2D eigenvalue weighted by Gasteiger charge is 2.17. The summed E-state index contributed by atoms with van der Waals surface area (Å²) in [4.78, 5) is 17.8. The minimum Gasteiger partial charge on any atom is -0.358 e. The maximum absolute atomic E-state index is 12.8. The van der Waals surface area contributed by atoms with Crippen molar-refractivity contribution in [3.8, 4) is 0 Å². The summed E-state index contributed by atoms with van der Waals surface area (Å²) >= 11 is 0. The van der Waals surface area contributed by atoms with E-state index in [1.807, 2.05) is 26.0 Å². The molecule has 0 radical (unpaired) electrons. The minimum atomic E-state index is 0.224. The fourth-order valence-corrected chi connectivity index (χ4v) is 3.43. The molecule has 112 valence electrons. The van der Waals surface area contributed by atoms with Gasteiger partial charge in [0.05, 0.1) is 18.7 Å². The second-order valence-corrected chi connectivity index (χ2v) is 6.45. The van der Waals surface area contributed by atoms with E-state index in [1.165, 1.54) is 38.8 Å². The third-order valence-electron chi connectivity index (χ3n) is 4.71. The lowest BCUT2D eigenvalue weighted by Crippen LogP contribution is -3.10. The van der Waals surface area contributed by atoms with Crippen molar-refractivity contribution < 1.29 is 4.90 Å². The number of aromatic nitrogens is 1. The Morgan fingerprint density at radius 2 is 1.81 bits per heavy atom. The Labute approximate surface area is 126 Å². The predicted octanol–water partition coefficient (Wildman–Crippen LogP) is 2.10. The topological polar surface area (TPSA) is 37.3 Å². The van der Waals surface area contributed by atoms with Crippen LogP contribution in [0.1, 0.15) is 42.5 Å². The number of nitrogens with one attached hydrogen (secondary N) is 2. The number of fused-ring (bicyclic) bond motifs is 1. The van der Waals surface area contributed by atoms with Crippen molar-refractivity contribution in [2.75, 3.05) is 13.1 Å². The molecule has 2 aromatic rings. The molecule has 0 unspecified atom stereocenters. The third-order valence-corrected chi connectivity index (χ3v) is 4.71. The summed E-state index contributed by atoms with van der Waals surface area (Å²) in [5.74, 6) is 0. The molecule has 1 saturated heterocycles. The van der Waals surface area contributed by atoms with Gasteiger partial charge in [0.25, 0.3) is 0 Å². The first-order chi connectivity index (χ1) is 10.1. The summed E-state index contributed by atoms with van der Waals surface area (Å²) < 4.78 is 0. The molecule has 0 bridgehead atoms. The summed E-state index contributed by atoms with van der Waals surface area (Å²) in [5, 5.41) is 0.838. The Balaban J connectivity index is 1.99. The summed E-state index contributed by atoms with van der Waals surface area (Å²) in [6.45, 7) is 7.34. The van der Waals surface area contributed by atoms with Crippen molar-refractivity contribution >= 4 is 10.9 Å². The van der Waals surface area contributed by atoms with Gasteiger partial charge in [0, 0.05) is 16.6 Å². The van der Waals surface area contributed by atoms with E-state index >= 15 is 0 Å². The standard InChI is InChI=1S/C18H24N2O/c1-13-7-8-17-15(11-13)18(21)16(14(2)19-17)12-20-9-5-3-4-6-10-20/h7-8,11H,3-6,9-10,12H2,1-2H3,(H,19,21)/p+1. The van der Waals surface area contributed by atoms with Gasteiger partial charge in [-0.15, -0.1) is 0 Å². The highest BCUT2D eigenvalue weighted by atomic mass is 16.1. The predicted molar refractivity (Wildman–Crippen MR) is 86.9 cm³/mol. The highest BCUT2D eigenvalue weighted by Crippen LogP contribution is 2.13. The zero-order valence-corrected chi connectivity index (χ0v) is 13.1. The first-order valence-corrected chi connectivity index (χ1v) is 8.11. The molecule has 0 atom stereocenters. The molecule has 1 fully saturated rings. The van der Waals surface area contributed by atoms with Gasteiger partial charge in [-0.25, -0.2) is 0 Å². The number of H-pyrrole nitrogens is 1. The van der Waals surface area contributed by atoms with Crippen LogP contribution in [0.25, 0.3) is 10.9 Å². The number of hydrogen-bond acceptors (Lipinski definition) is 1. The molecule has 2 heterocycles. The third kappa shape index (κ3) is 3.03. The largest absolute Gasteiger partial charge is 0.358 e. The van der Waals surface area contributed by atoms with E-state index in [9.17, 15) is 4.79 Å². The SMILES string of the molecule is Cc1ccc2[nH]c(C)c(C[NH+]3CCCCCC3)c(=O)c2c1. The van der Waals surface area contributed by atoms with Gasteiger partial charge < -0.3 is 9.88 Å². The van der Waals surface area contributed by atoms with Crippen LogP contribution in [0, 0.1) is 13.8 Å². The molecule has 0 amide bonds. The van der Waals surface area contributed by atoms with E-state index in [-0.39, 0.29) is 5.43 Å². The van der Waals surface area contributed by atoms with Gasteiger partial charge in [0.15, 0.2) is 5.43 Å². The summed E-state index contributed by atoms with van der Waals surface area (Å²) in [6, 6.07) is 6.08. The van der Waals surface area contributed by atoms with Crippen LogP contribution >= 0.6 is 0 Å². The Kier molecular flexibility index (Phi) is 4.11. The zero-order valence-electron chi connectivity index (χ0n) is 13.1. The van der Waals surface area contributed by atoms with Crippen molar-refractivity contribution in [1.82, 2.24) is 4.98 Å². The van der Waals surface area contributed by atoms with Gasteiger partial charge in [-0.1, -0.05) is 11.6 Å². The Hall–Kier alpha value is -1.61. The number of aromatic amines is 1. The molecule has 1 aromatic heterocycles. The van der Waals surface area contributed by atoms with Crippen molar-refractivity contribution in [1.29, 1.82) is 0 Å². The van der Waals surface area contributed by atoms with Crippen molar-refractivity contribution in [3.05, 3.63) is 45.2 Å². The molecule has 0 aliphatic carbocycles. The highest BCUT2D eigenvalue weighted by molar-refractivity contribution is 5.80. The molecule has 0 spiro atoms. The number of benzene rings is 1. The monoisotopic (exact) mass is 285 g/mol. The van der Waals surface area contributed by atoms with E-state index in [2.05, 4.69) is 11.1 Å². The molecular formula is C18H25N2O+. The van der Waals surface area contributed by atoms with Gasteiger partial charge in [-0.05, 0) is 51.7 Å². The summed E-state index contributed by atoms with van der Waals surface area (Å²) in [7, 11) is 0. The summed E-state index contributed by atoms with van der Waals surface area (Å²) in [5.41, 5.74) is 4.34. The second kappa shape index (κ2) is 6.02. The van der Waals surface area contributed by atoms with Gasteiger partial charge in [0.1, 0.15) is 6.54 Å². The number of aryl methyl sites for hydroxylation is 2. The van der Waals surface area contributed by atoms with Crippen LogP contribution in [-0.2, 0) is 6.54 Å². The van der Waals surface area contributed by atoms with E-state index in [4.69, 9.17) is 0 Å². The van der Waals surface area contributed by atoms with Crippen LogP contribution in [0.15, 0.2) is 23.0 Å². The Morgan fingerprint density at radius 1 is 1.10 bits per heavy atom. The Morgan fingerprint density at radius 3 is 2.52 bits per heavy atom. The maximum Gasteiger partial charge on any atom is 0.198 e. The summed E-state index contributed by atoms with van der Waals surface area (Å²) in [6.07, 6.45) is 5.27. The van der Waals surface area contributed by atoms with Gasteiger partial charge in [0.2, 0.25) is 0 Å². The first kappa shape index (κ1) is 14.3. The molecule has 0 saturated carbocycles. The molecular weight excluding hydrogens is 260 g/mol. The van der Waals surface area contributed by atoms with Crippen LogP contribution < -0.4 is 10.3 Å². The van der Waals surface area contributed by atoms with E-state index < -0.39 is 0 Å². The average Bonchev–Trinajstić information content (AvgIpc) is 2.73. The lowest BCUT2D eigenvalue weighted by Gasteiger charge is -2.18. The fraction of sp³-hybridized carbons (Fsp3) is 0.500. The zero-order chi connectivity index (χ0) is 14.8. The molecule has 3 rings (SSSR count). The molecule has 1 aromatic carbocycles. The quantitative estimate of drug-likeness (QED) is 0.871. The minimum absolute atomic E-state index is 0.224. The molecule has 1 aliphatic heterocycles. The lowest BCUT2D eigenvalue weighted by molar-refractivity contribution is -0.913. The first-order valence-electron chi connectivity index (χ1n) is 8.11. The maximum atomic E-state index is 12.8. The molecule has 1 aliphatic rings. The van der Waals surface area contributed by atoms with Crippen molar-refractivity contribution in [2.45, 2.75) is 46.1 Å².